The molecular weight excluding hydrogens is 262 g/mol. The zero-order valence-corrected chi connectivity index (χ0v) is 11.3. The molecule has 0 atom stereocenters. The van der Waals surface area contributed by atoms with Crippen LogP contribution in [0.5, 0.6) is 0 Å². The van der Waals surface area contributed by atoms with E-state index in [4.69, 9.17) is 0 Å². The Morgan fingerprint density at radius 3 is 2.60 bits per heavy atom. The van der Waals surface area contributed by atoms with Gasteiger partial charge in [0, 0.05) is 44.6 Å². The van der Waals surface area contributed by atoms with Crippen LogP contribution < -0.4 is 5.43 Å². The SMILES string of the molecule is COC(=O)CN1CCN(C(=O)c2c[nH]ccc2=O)CC1. The van der Waals surface area contributed by atoms with Crippen LogP contribution >= 0.6 is 0 Å². The number of hydrogen-bond acceptors (Lipinski definition) is 5. The fourth-order valence-electron chi connectivity index (χ4n) is 2.11. The lowest BCUT2D eigenvalue weighted by molar-refractivity contribution is -0.142. The van der Waals surface area contributed by atoms with Crippen molar-refractivity contribution in [1.29, 1.82) is 0 Å². The highest BCUT2D eigenvalue weighted by Gasteiger charge is 2.24. The van der Waals surface area contributed by atoms with Crippen molar-refractivity contribution in [2.45, 2.75) is 0 Å². The number of nitrogens with one attached hydrogen (secondary N) is 1. The molecule has 1 aromatic rings. The van der Waals surface area contributed by atoms with E-state index in [1.54, 1.807) is 4.90 Å². The van der Waals surface area contributed by atoms with Gasteiger partial charge in [-0.1, -0.05) is 0 Å². The summed E-state index contributed by atoms with van der Waals surface area (Å²) >= 11 is 0. The number of pyridine rings is 1. The third kappa shape index (κ3) is 3.24. The Bertz CT molecular complexity index is 547. The van der Waals surface area contributed by atoms with Crippen molar-refractivity contribution in [3.8, 4) is 0 Å². The minimum atomic E-state index is -0.288. The molecule has 2 rings (SSSR count). The number of esters is 1. The Morgan fingerprint density at radius 2 is 2.00 bits per heavy atom. The van der Waals surface area contributed by atoms with Gasteiger partial charge < -0.3 is 14.6 Å². The van der Waals surface area contributed by atoms with Crippen LogP contribution in [-0.2, 0) is 9.53 Å². The van der Waals surface area contributed by atoms with E-state index >= 15 is 0 Å². The van der Waals surface area contributed by atoms with Gasteiger partial charge in [0.1, 0.15) is 5.56 Å². The molecule has 7 nitrogen and oxygen atoms in total. The second-order valence-electron chi connectivity index (χ2n) is 4.57. The highest BCUT2D eigenvalue weighted by molar-refractivity contribution is 5.93. The fourth-order valence-corrected chi connectivity index (χ4v) is 2.11. The molecule has 0 aromatic carbocycles. The lowest BCUT2D eigenvalue weighted by Crippen LogP contribution is -2.50. The first-order chi connectivity index (χ1) is 9.61. The molecule has 0 bridgehead atoms. The van der Waals surface area contributed by atoms with E-state index in [9.17, 15) is 14.4 Å². The Kier molecular flexibility index (Phi) is 4.52. The predicted molar refractivity (Wildman–Crippen MR) is 71.4 cm³/mol. The van der Waals surface area contributed by atoms with Crippen LogP contribution in [0.4, 0.5) is 0 Å². The number of aromatic nitrogens is 1. The maximum atomic E-state index is 12.2. The molecule has 1 fully saturated rings. The number of amides is 1. The van der Waals surface area contributed by atoms with E-state index in [1.165, 1.54) is 25.6 Å². The van der Waals surface area contributed by atoms with E-state index in [2.05, 4.69) is 9.72 Å². The van der Waals surface area contributed by atoms with E-state index in [-0.39, 0.29) is 29.4 Å². The van der Waals surface area contributed by atoms with Crippen LogP contribution in [-0.4, -0.2) is 66.5 Å². The number of methoxy groups -OCH3 is 1. The van der Waals surface area contributed by atoms with Crippen molar-refractivity contribution in [1.82, 2.24) is 14.8 Å². The molecule has 0 spiro atoms. The van der Waals surface area contributed by atoms with Gasteiger partial charge in [-0.25, -0.2) is 0 Å². The molecule has 1 aliphatic rings. The normalized spacial score (nSPS) is 15.9. The van der Waals surface area contributed by atoms with Crippen LogP contribution in [0.3, 0.4) is 0 Å². The van der Waals surface area contributed by atoms with Crippen LogP contribution in [0.25, 0.3) is 0 Å². The summed E-state index contributed by atoms with van der Waals surface area (Å²) in [4.78, 5) is 41.3. The van der Waals surface area contributed by atoms with Crippen LogP contribution in [0, 0.1) is 0 Å². The third-order valence-electron chi connectivity index (χ3n) is 3.29. The Hall–Kier alpha value is -2.15. The van der Waals surface area contributed by atoms with Crippen molar-refractivity contribution in [3.05, 3.63) is 34.2 Å². The number of piperazine rings is 1. The molecule has 1 amide bonds. The molecule has 7 heteroatoms. The summed E-state index contributed by atoms with van der Waals surface area (Å²) in [6.07, 6.45) is 2.92. The van der Waals surface area contributed by atoms with E-state index in [1.807, 2.05) is 4.90 Å². The number of ether oxygens (including phenoxy) is 1. The molecule has 1 N–H and O–H groups in total. The van der Waals surface area contributed by atoms with Gasteiger partial charge in [0.05, 0.1) is 13.7 Å². The summed E-state index contributed by atoms with van der Waals surface area (Å²) in [7, 11) is 1.35. The number of hydrogen-bond donors (Lipinski definition) is 1. The predicted octanol–water partition coefficient (Wildman–Crippen LogP) is -0.694. The van der Waals surface area contributed by atoms with E-state index in [0.29, 0.717) is 26.2 Å². The average molecular weight is 279 g/mol. The molecule has 2 heterocycles. The van der Waals surface area contributed by atoms with Gasteiger partial charge in [-0.15, -0.1) is 0 Å². The number of carbonyl (C=O) groups excluding carboxylic acids is 2. The fraction of sp³-hybridized carbons (Fsp3) is 0.462. The van der Waals surface area contributed by atoms with Crippen molar-refractivity contribution >= 4 is 11.9 Å². The smallest absolute Gasteiger partial charge is 0.319 e. The minimum absolute atomic E-state index is 0.147. The topological polar surface area (TPSA) is 82.7 Å². The van der Waals surface area contributed by atoms with Crippen molar-refractivity contribution in [2.75, 3.05) is 39.8 Å². The molecule has 20 heavy (non-hydrogen) atoms. The second kappa shape index (κ2) is 6.33. The van der Waals surface area contributed by atoms with Gasteiger partial charge in [-0.2, -0.15) is 0 Å². The van der Waals surface area contributed by atoms with Gasteiger partial charge in [0.25, 0.3) is 5.91 Å². The van der Waals surface area contributed by atoms with Crippen LogP contribution in [0.1, 0.15) is 10.4 Å². The Morgan fingerprint density at radius 1 is 1.30 bits per heavy atom. The molecule has 0 saturated carbocycles. The van der Waals surface area contributed by atoms with Crippen LogP contribution in [0.2, 0.25) is 0 Å². The summed E-state index contributed by atoms with van der Waals surface area (Å²) in [6.45, 7) is 2.38. The number of H-pyrrole nitrogens is 1. The molecule has 0 unspecified atom stereocenters. The second-order valence-corrected chi connectivity index (χ2v) is 4.57. The zero-order valence-electron chi connectivity index (χ0n) is 11.3. The number of carbonyl (C=O) groups is 2. The van der Waals surface area contributed by atoms with Gasteiger partial charge in [0.2, 0.25) is 0 Å². The molecule has 0 radical (unpaired) electrons. The average Bonchev–Trinajstić information content (AvgIpc) is 2.47. The first kappa shape index (κ1) is 14.3. The molecule has 1 saturated heterocycles. The lowest BCUT2D eigenvalue weighted by atomic mass is 10.2. The number of nitrogens with zero attached hydrogens (tertiary/aromatic N) is 2. The highest BCUT2D eigenvalue weighted by Crippen LogP contribution is 2.05. The maximum Gasteiger partial charge on any atom is 0.319 e. The molecular formula is C13H17N3O4. The Balaban J connectivity index is 1.94. The monoisotopic (exact) mass is 279 g/mol. The summed E-state index contributed by atoms with van der Waals surface area (Å²) < 4.78 is 4.61. The molecule has 1 aliphatic heterocycles. The lowest BCUT2D eigenvalue weighted by Gasteiger charge is -2.33. The third-order valence-corrected chi connectivity index (χ3v) is 3.29. The zero-order chi connectivity index (χ0) is 14.5. The van der Waals surface area contributed by atoms with Crippen molar-refractivity contribution in [3.63, 3.8) is 0 Å². The summed E-state index contributed by atoms with van der Waals surface area (Å²) in [5.41, 5.74) is -0.139. The summed E-state index contributed by atoms with van der Waals surface area (Å²) in [5.74, 6) is -0.561. The number of aromatic amines is 1. The Labute approximate surface area is 116 Å². The maximum absolute atomic E-state index is 12.2. The van der Waals surface area contributed by atoms with Gasteiger partial charge >= 0.3 is 5.97 Å². The molecule has 108 valence electrons. The van der Waals surface area contributed by atoms with Gasteiger partial charge in [0.15, 0.2) is 5.43 Å². The van der Waals surface area contributed by atoms with Crippen molar-refractivity contribution in [2.24, 2.45) is 0 Å². The van der Waals surface area contributed by atoms with Crippen LogP contribution in [0.15, 0.2) is 23.3 Å². The molecule has 0 aliphatic carbocycles. The summed E-state index contributed by atoms with van der Waals surface area (Å²) in [5, 5.41) is 0. The first-order valence-corrected chi connectivity index (χ1v) is 6.37. The molecule has 1 aromatic heterocycles. The first-order valence-electron chi connectivity index (χ1n) is 6.37. The highest BCUT2D eigenvalue weighted by atomic mass is 16.5. The van der Waals surface area contributed by atoms with Gasteiger partial charge in [-0.05, 0) is 0 Å². The summed E-state index contributed by atoms with van der Waals surface area (Å²) in [6, 6.07) is 1.33. The quantitative estimate of drug-likeness (QED) is 0.740. The minimum Gasteiger partial charge on any atom is -0.468 e. The van der Waals surface area contributed by atoms with Crippen molar-refractivity contribution < 1.29 is 14.3 Å². The number of rotatable bonds is 3. The van der Waals surface area contributed by atoms with E-state index < -0.39 is 0 Å². The van der Waals surface area contributed by atoms with Gasteiger partial charge in [-0.3, -0.25) is 19.3 Å². The standard InChI is InChI=1S/C13H17N3O4/c1-20-12(18)9-15-4-6-16(7-5-15)13(19)10-8-14-3-2-11(10)17/h2-3,8H,4-7,9H2,1H3,(H,14,17). The van der Waals surface area contributed by atoms with E-state index in [0.717, 1.165) is 0 Å². The largest absolute Gasteiger partial charge is 0.468 e.